The van der Waals surface area contributed by atoms with Crippen molar-refractivity contribution in [2.75, 3.05) is 26.2 Å². The highest BCUT2D eigenvalue weighted by Crippen LogP contribution is 2.34. The van der Waals surface area contributed by atoms with Crippen molar-refractivity contribution in [2.24, 2.45) is 5.10 Å². The van der Waals surface area contributed by atoms with Gasteiger partial charge in [-0.15, -0.1) is 0 Å². The summed E-state index contributed by atoms with van der Waals surface area (Å²) in [5.41, 5.74) is 2.90. The van der Waals surface area contributed by atoms with Crippen LogP contribution in [0.4, 0.5) is 0 Å². The van der Waals surface area contributed by atoms with E-state index in [2.05, 4.69) is 20.9 Å². The number of hydrazone groups is 1. The highest BCUT2D eigenvalue weighted by atomic mass is 35.5. The zero-order chi connectivity index (χ0) is 23.5. The number of hydrogen-bond donors (Lipinski definition) is 0. The minimum absolute atomic E-state index is 0.0106. The molecule has 0 aliphatic carbocycles. The van der Waals surface area contributed by atoms with Crippen molar-refractivity contribution in [2.45, 2.75) is 32.0 Å². The third kappa shape index (κ3) is 4.92. The maximum absolute atomic E-state index is 13.6. The number of aromatic nitrogens is 1. The molecule has 1 saturated heterocycles. The minimum Gasteiger partial charge on any atom is -0.467 e. The van der Waals surface area contributed by atoms with Crippen LogP contribution >= 0.6 is 11.6 Å². The van der Waals surface area contributed by atoms with Gasteiger partial charge in [-0.2, -0.15) is 5.10 Å². The Hall–Kier alpha value is -3.00. The van der Waals surface area contributed by atoms with Gasteiger partial charge in [0, 0.05) is 50.4 Å². The second-order valence-corrected chi connectivity index (χ2v) is 9.22. The van der Waals surface area contributed by atoms with E-state index in [0.29, 0.717) is 11.4 Å². The molecule has 2 aliphatic rings. The smallest absolute Gasteiger partial charge is 0.260 e. The predicted molar refractivity (Wildman–Crippen MR) is 131 cm³/mol. The number of furan rings is 1. The maximum Gasteiger partial charge on any atom is 0.260 e. The van der Waals surface area contributed by atoms with Crippen LogP contribution in [0.2, 0.25) is 5.02 Å². The summed E-state index contributed by atoms with van der Waals surface area (Å²) in [6, 6.07) is 16.8. The first-order valence-electron chi connectivity index (χ1n) is 11.6. The van der Waals surface area contributed by atoms with Crippen LogP contribution in [-0.4, -0.2) is 63.6 Å². The fourth-order valence-corrected chi connectivity index (χ4v) is 4.74. The van der Waals surface area contributed by atoms with Crippen LogP contribution in [0.1, 0.15) is 36.4 Å². The summed E-state index contributed by atoms with van der Waals surface area (Å²) in [4.78, 5) is 22.7. The number of pyridine rings is 1. The molecule has 0 radical (unpaired) electrons. The molecule has 1 amide bonds. The van der Waals surface area contributed by atoms with E-state index >= 15 is 0 Å². The van der Waals surface area contributed by atoms with Crippen LogP contribution in [0, 0.1) is 0 Å². The molecule has 3 aromatic rings. The maximum atomic E-state index is 13.6. The number of halogens is 1. The average molecular weight is 478 g/mol. The SMILES string of the molecule is CC(C(=O)N1N=C(c2ccc(Cl)cc2)CC1c1ccco1)N1CCN(Cc2ccccn2)CC1. The number of nitrogens with zero attached hydrogens (tertiary/aromatic N) is 5. The van der Waals surface area contributed by atoms with E-state index in [1.807, 2.05) is 61.7 Å². The van der Waals surface area contributed by atoms with Gasteiger partial charge in [-0.3, -0.25) is 19.6 Å². The van der Waals surface area contributed by atoms with Crippen LogP contribution in [0.15, 0.2) is 76.6 Å². The van der Waals surface area contributed by atoms with E-state index in [9.17, 15) is 4.79 Å². The highest BCUT2D eigenvalue weighted by molar-refractivity contribution is 6.30. The van der Waals surface area contributed by atoms with Crippen LogP contribution < -0.4 is 0 Å². The molecule has 0 N–H and O–H groups in total. The minimum atomic E-state index is -0.275. The Morgan fingerprint density at radius 3 is 2.56 bits per heavy atom. The Morgan fingerprint density at radius 2 is 1.88 bits per heavy atom. The van der Waals surface area contributed by atoms with E-state index in [1.54, 1.807) is 11.3 Å². The van der Waals surface area contributed by atoms with Gasteiger partial charge in [0.05, 0.1) is 23.7 Å². The summed E-state index contributed by atoms with van der Waals surface area (Å²) in [5, 5.41) is 7.06. The Bertz CT molecular complexity index is 1130. The van der Waals surface area contributed by atoms with Gasteiger partial charge in [0.2, 0.25) is 0 Å². The lowest BCUT2D eigenvalue weighted by molar-refractivity contribution is -0.139. The number of carbonyl (C=O) groups excluding carboxylic acids is 1. The van der Waals surface area contributed by atoms with E-state index in [-0.39, 0.29) is 18.0 Å². The zero-order valence-electron chi connectivity index (χ0n) is 19.2. The molecular weight excluding hydrogens is 450 g/mol. The summed E-state index contributed by atoms with van der Waals surface area (Å²) >= 11 is 6.06. The van der Waals surface area contributed by atoms with Crippen molar-refractivity contribution in [1.29, 1.82) is 0 Å². The molecule has 8 heteroatoms. The number of piperazine rings is 1. The Kier molecular flexibility index (Phi) is 6.76. The van der Waals surface area contributed by atoms with Gasteiger partial charge in [0.1, 0.15) is 11.8 Å². The Balaban J connectivity index is 1.28. The topological polar surface area (TPSA) is 65.2 Å². The highest BCUT2D eigenvalue weighted by Gasteiger charge is 2.38. The molecule has 2 unspecified atom stereocenters. The van der Waals surface area contributed by atoms with E-state index in [0.717, 1.165) is 55.5 Å². The standard InChI is InChI=1S/C26H28ClN5O2/c1-19(31-14-12-30(13-15-31)18-22-5-2-3-11-28-22)26(33)32-24(25-6-4-16-34-25)17-23(29-32)20-7-9-21(27)10-8-20/h2-11,16,19,24H,12-15,17-18H2,1H3. The molecular formula is C26H28ClN5O2. The zero-order valence-corrected chi connectivity index (χ0v) is 19.9. The monoisotopic (exact) mass is 477 g/mol. The van der Waals surface area contributed by atoms with Crippen molar-refractivity contribution in [3.05, 3.63) is 89.1 Å². The molecule has 4 heterocycles. The third-order valence-corrected chi connectivity index (χ3v) is 6.86. The first kappa shape index (κ1) is 22.8. The second-order valence-electron chi connectivity index (χ2n) is 8.78. The molecule has 2 atom stereocenters. The molecule has 7 nitrogen and oxygen atoms in total. The largest absolute Gasteiger partial charge is 0.467 e. The van der Waals surface area contributed by atoms with Gasteiger partial charge in [0.15, 0.2) is 0 Å². The Labute approximate surface area is 204 Å². The molecule has 1 fully saturated rings. The van der Waals surface area contributed by atoms with Crippen LogP contribution in [0.5, 0.6) is 0 Å². The van der Waals surface area contributed by atoms with Crippen LogP contribution in [0.25, 0.3) is 0 Å². The van der Waals surface area contributed by atoms with Gasteiger partial charge in [-0.1, -0.05) is 29.8 Å². The number of carbonyl (C=O) groups is 1. The lowest BCUT2D eigenvalue weighted by Gasteiger charge is -2.38. The van der Waals surface area contributed by atoms with Gasteiger partial charge in [-0.05, 0) is 48.9 Å². The lowest BCUT2D eigenvalue weighted by atomic mass is 10.0. The van der Waals surface area contributed by atoms with Gasteiger partial charge in [0.25, 0.3) is 5.91 Å². The van der Waals surface area contributed by atoms with Crippen LogP contribution in [0.3, 0.4) is 0 Å². The number of benzene rings is 1. The fourth-order valence-electron chi connectivity index (χ4n) is 4.61. The van der Waals surface area contributed by atoms with Crippen molar-refractivity contribution >= 4 is 23.2 Å². The van der Waals surface area contributed by atoms with Crippen molar-refractivity contribution < 1.29 is 9.21 Å². The van der Waals surface area contributed by atoms with Gasteiger partial charge >= 0.3 is 0 Å². The lowest BCUT2D eigenvalue weighted by Crippen LogP contribution is -2.53. The third-order valence-electron chi connectivity index (χ3n) is 6.61. The first-order chi connectivity index (χ1) is 16.6. The quantitative estimate of drug-likeness (QED) is 0.532. The van der Waals surface area contributed by atoms with E-state index in [4.69, 9.17) is 21.1 Å². The summed E-state index contributed by atoms with van der Waals surface area (Å²) < 4.78 is 5.68. The molecule has 0 spiro atoms. The molecule has 5 rings (SSSR count). The molecule has 1 aromatic carbocycles. The Morgan fingerprint density at radius 1 is 1.09 bits per heavy atom. The van der Waals surface area contributed by atoms with Crippen molar-refractivity contribution in [3.63, 3.8) is 0 Å². The molecule has 0 bridgehead atoms. The summed E-state index contributed by atoms with van der Waals surface area (Å²) in [6.45, 7) is 6.26. The van der Waals surface area contributed by atoms with E-state index in [1.165, 1.54) is 0 Å². The fraction of sp³-hybridized carbons (Fsp3) is 0.346. The van der Waals surface area contributed by atoms with Crippen molar-refractivity contribution in [1.82, 2.24) is 19.8 Å². The summed E-state index contributed by atoms with van der Waals surface area (Å²) in [5.74, 6) is 0.733. The van der Waals surface area contributed by atoms with Crippen LogP contribution in [-0.2, 0) is 11.3 Å². The predicted octanol–water partition coefficient (Wildman–Crippen LogP) is 4.21. The second kappa shape index (κ2) is 10.1. The summed E-state index contributed by atoms with van der Waals surface area (Å²) in [6.07, 6.45) is 4.07. The number of rotatable bonds is 6. The molecule has 2 aliphatic heterocycles. The molecule has 34 heavy (non-hydrogen) atoms. The molecule has 0 saturated carbocycles. The summed E-state index contributed by atoms with van der Waals surface area (Å²) in [7, 11) is 0. The number of amides is 1. The van der Waals surface area contributed by atoms with E-state index < -0.39 is 0 Å². The van der Waals surface area contributed by atoms with Gasteiger partial charge < -0.3 is 4.42 Å². The normalized spacial score (nSPS) is 20.4. The average Bonchev–Trinajstić information content (AvgIpc) is 3.55. The van der Waals surface area contributed by atoms with Crippen molar-refractivity contribution in [3.8, 4) is 0 Å². The number of hydrogen-bond acceptors (Lipinski definition) is 6. The first-order valence-corrected chi connectivity index (χ1v) is 12.0. The molecule has 2 aromatic heterocycles. The van der Waals surface area contributed by atoms with Gasteiger partial charge in [-0.25, -0.2) is 5.01 Å². The molecule has 176 valence electrons.